The van der Waals surface area contributed by atoms with E-state index in [-0.39, 0.29) is 11.8 Å². The lowest BCUT2D eigenvalue weighted by Gasteiger charge is -2.44. The summed E-state index contributed by atoms with van der Waals surface area (Å²) in [5, 5.41) is 0. The third-order valence-corrected chi connectivity index (χ3v) is 7.70. The van der Waals surface area contributed by atoms with Crippen LogP contribution >= 0.6 is 0 Å². The van der Waals surface area contributed by atoms with Gasteiger partial charge in [0.15, 0.2) is 5.60 Å². The minimum atomic E-state index is -0.959. The number of ether oxygens (including phenoxy) is 2. The van der Waals surface area contributed by atoms with Gasteiger partial charge in [0.2, 0.25) is 5.91 Å². The zero-order valence-corrected chi connectivity index (χ0v) is 21.0. The SMILES string of the molecule is CCN1CCOc2ccccc2CCCCC2(CN(C(=O)CN3CCC(C)CC3)CCO2)C1=O. The van der Waals surface area contributed by atoms with Crippen molar-refractivity contribution >= 4 is 11.8 Å². The number of likely N-dealkylation sites (N-methyl/N-ethyl adjacent to an activating group) is 1. The average molecular weight is 472 g/mol. The molecule has 7 heteroatoms. The summed E-state index contributed by atoms with van der Waals surface area (Å²) in [6.07, 6.45) is 5.66. The molecule has 3 heterocycles. The Bertz CT molecular complexity index is 839. The van der Waals surface area contributed by atoms with Gasteiger partial charge in [0.05, 0.1) is 26.2 Å². The lowest BCUT2D eigenvalue weighted by molar-refractivity contribution is -0.176. The molecular weight excluding hydrogens is 430 g/mol. The fourth-order valence-corrected chi connectivity index (χ4v) is 5.43. The number of carbonyl (C=O) groups is 2. The van der Waals surface area contributed by atoms with Gasteiger partial charge in [-0.15, -0.1) is 0 Å². The molecule has 0 saturated carbocycles. The van der Waals surface area contributed by atoms with Crippen molar-refractivity contribution in [2.24, 2.45) is 5.92 Å². The van der Waals surface area contributed by atoms with Crippen LogP contribution in [0.2, 0.25) is 0 Å². The van der Waals surface area contributed by atoms with Crippen LogP contribution in [0.25, 0.3) is 0 Å². The molecule has 0 radical (unpaired) electrons. The number of carbonyl (C=O) groups excluding carboxylic acids is 2. The molecule has 1 spiro atoms. The monoisotopic (exact) mass is 471 g/mol. The Labute approximate surface area is 204 Å². The van der Waals surface area contributed by atoms with Gasteiger partial charge in [-0.05, 0) is 76.1 Å². The van der Waals surface area contributed by atoms with E-state index in [1.165, 1.54) is 5.56 Å². The second kappa shape index (κ2) is 11.5. The fraction of sp³-hybridized carbons (Fsp3) is 0.704. The van der Waals surface area contributed by atoms with Crippen LogP contribution in [0.5, 0.6) is 5.75 Å². The first-order valence-electron chi connectivity index (χ1n) is 13.1. The number of hydrogen-bond acceptors (Lipinski definition) is 5. The van der Waals surface area contributed by atoms with E-state index in [0.29, 0.717) is 52.4 Å². The Morgan fingerprint density at radius 3 is 2.68 bits per heavy atom. The molecule has 2 amide bonds. The zero-order valence-electron chi connectivity index (χ0n) is 21.0. The highest BCUT2D eigenvalue weighted by atomic mass is 16.5. The number of fused-ring (bicyclic) bond motifs is 1. The lowest BCUT2D eigenvalue weighted by atomic mass is 9.91. The van der Waals surface area contributed by atoms with Crippen LogP contribution in [0.15, 0.2) is 24.3 Å². The molecule has 1 unspecified atom stereocenters. The van der Waals surface area contributed by atoms with Crippen molar-refractivity contribution < 1.29 is 19.1 Å². The maximum Gasteiger partial charge on any atom is 0.256 e. The first-order chi connectivity index (χ1) is 16.5. The highest BCUT2D eigenvalue weighted by Crippen LogP contribution is 2.30. The Hall–Kier alpha value is -2.12. The Morgan fingerprint density at radius 2 is 1.88 bits per heavy atom. The van der Waals surface area contributed by atoms with E-state index >= 15 is 0 Å². The van der Waals surface area contributed by atoms with Gasteiger partial charge >= 0.3 is 0 Å². The average Bonchev–Trinajstić information content (AvgIpc) is 2.86. The highest BCUT2D eigenvalue weighted by Gasteiger charge is 2.46. The molecule has 0 bridgehead atoms. The molecule has 1 aromatic carbocycles. The van der Waals surface area contributed by atoms with Crippen LogP contribution in [-0.2, 0) is 20.7 Å². The summed E-state index contributed by atoms with van der Waals surface area (Å²) in [5.74, 6) is 1.77. The van der Waals surface area contributed by atoms with E-state index in [0.717, 1.165) is 56.9 Å². The minimum absolute atomic E-state index is 0.00300. The molecule has 0 aromatic heterocycles. The molecule has 2 fully saturated rings. The van der Waals surface area contributed by atoms with Crippen LogP contribution in [0.4, 0.5) is 0 Å². The number of nitrogens with zero attached hydrogens (tertiary/aromatic N) is 3. The van der Waals surface area contributed by atoms with Crippen LogP contribution in [-0.4, -0.2) is 91.1 Å². The van der Waals surface area contributed by atoms with Crippen molar-refractivity contribution in [3.8, 4) is 5.75 Å². The smallest absolute Gasteiger partial charge is 0.256 e. The predicted molar refractivity (Wildman–Crippen MR) is 132 cm³/mol. The number of morpholine rings is 1. The summed E-state index contributed by atoms with van der Waals surface area (Å²) < 4.78 is 12.3. The topological polar surface area (TPSA) is 62.3 Å². The number of aryl methyl sites for hydroxylation is 1. The van der Waals surface area contributed by atoms with E-state index in [1.807, 2.05) is 34.9 Å². The van der Waals surface area contributed by atoms with E-state index in [1.54, 1.807) is 0 Å². The van der Waals surface area contributed by atoms with Crippen LogP contribution in [0, 0.1) is 5.92 Å². The summed E-state index contributed by atoms with van der Waals surface area (Å²) in [6, 6.07) is 8.18. The van der Waals surface area contributed by atoms with E-state index in [9.17, 15) is 9.59 Å². The Kier molecular flexibility index (Phi) is 8.48. The molecule has 3 aliphatic heterocycles. The molecule has 3 aliphatic rings. The van der Waals surface area contributed by atoms with Gasteiger partial charge in [0, 0.05) is 13.1 Å². The van der Waals surface area contributed by atoms with Gasteiger partial charge in [-0.1, -0.05) is 25.1 Å². The summed E-state index contributed by atoms with van der Waals surface area (Å²) in [4.78, 5) is 33.0. The third-order valence-electron chi connectivity index (χ3n) is 7.70. The standard InChI is InChI=1S/C27H41N3O4/c1-3-29-16-18-33-24-10-5-4-8-23(24)9-6-7-13-27(26(29)32)21-30(17-19-34-27)25(31)20-28-14-11-22(2)12-15-28/h4-5,8,10,22H,3,6-7,9,11-21H2,1-2H3. The van der Waals surface area contributed by atoms with Gasteiger partial charge < -0.3 is 19.3 Å². The highest BCUT2D eigenvalue weighted by molar-refractivity contribution is 5.87. The first kappa shape index (κ1) is 25.0. The zero-order chi connectivity index (χ0) is 24.0. The largest absolute Gasteiger partial charge is 0.491 e. The van der Waals surface area contributed by atoms with Crippen LogP contribution in [0.3, 0.4) is 0 Å². The first-order valence-corrected chi connectivity index (χ1v) is 13.1. The summed E-state index contributed by atoms with van der Waals surface area (Å²) in [6.45, 7) is 9.54. The van der Waals surface area contributed by atoms with E-state index in [4.69, 9.17) is 9.47 Å². The molecule has 1 aromatic rings. The van der Waals surface area contributed by atoms with Crippen molar-refractivity contribution in [2.75, 3.05) is 59.0 Å². The summed E-state index contributed by atoms with van der Waals surface area (Å²) >= 11 is 0. The quantitative estimate of drug-likeness (QED) is 0.678. The number of likely N-dealkylation sites (tertiary alicyclic amines) is 1. The molecule has 1 atom stereocenters. The third kappa shape index (κ3) is 5.92. The summed E-state index contributed by atoms with van der Waals surface area (Å²) in [7, 11) is 0. The van der Waals surface area contributed by atoms with Crippen molar-refractivity contribution in [3.05, 3.63) is 29.8 Å². The van der Waals surface area contributed by atoms with Crippen LogP contribution < -0.4 is 4.74 Å². The number of para-hydroxylation sites is 1. The fourth-order valence-electron chi connectivity index (χ4n) is 5.43. The normalized spacial score (nSPS) is 25.9. The lowest BCUT2D eigenvalue weighted by Crippen LogP contribution is -2.62. The van der Waals surface area contributed by atoms with Crippen molar-refractivity contribution in [1.82, 2.24) is 14.7 Å². The van der Waals surface area contributed by atoms with Crippen molar-refractivity contribution in [3.63, 3.8) is 0 Å². The van der Waals surface area contributed by atoms with Crippen LogP contribution in [0.1, 0.15) is 51.5 Å². The van der Waals surface area contributed by atoms with Gasteiger partial charge in [-0.2, -0.15) is 0 Å². The number of rotatable bonds is 3. The van der Waals surface area contributed by atoms with Crippen molar-refractivity contribution in [1.29, 1.82) is 0 Å². The maximum atomic E-state index is 13.8. The van der Waals surface area contributed by atoms with Gasteiger partial charge in [-0.25, -0.2) is 0 Å². The second-order valence-corrected chi connectivity index (χ2v) is 10.2. The maximum absolute atomic E-state index is 13.8. The molecule has 0 aliphatic carbocycles. The molecule has 34 heavy (non-hydrogen) atoms. The second-order valence-electron chi connectivity index (χ2n) is 10.2. The molecule has 2 saturated heterocycles. The Morgan fingerprint density at radius 1 is 1.09 bits per heavy atom. The van der Waals surface area contributed by atoms with Gasteiger partial charge in [0.25, 0.3) is 5.91 Å². The molecule has 0 N–H and O–H groups in total. The molecule has 188 valence electrons. The van der Waals surface area contributed by atoms with Gasteiger partial charge in [-0.3, -0.25) is 14.5 Å². The number of benzene rings is 1. The molecule has 4 rings (SSSR count). The van der Waals surface area contributed by atoms with E-state index in [2.05, 4.69) is 17.9 Å². The molecule has 7 nitrogen and oxygen atoms in total. The number of amides is 2. The number of piperidine rings is 1. The summed E-state index contributed by atoms with van der Waals surface area (Å²) in [5.41, 5.74) is 0.252. The molecular formula is C27H41N3O4. The Balaban J connectivity index is 1.47. The van der Waals surface area contributed by atoms with Gasteiger partial charge in [0.1, 0.15) is 12.4 Å². The number of hydrogen-bond donors (Lipinski definition) is 0. The van der Waals surface area contributed by atoms with E-state index < -0.39 is 5.60 Å². The van der Waals surface area contributed by atoms with Crippen molar-refractivity contribution in [2.45, 2.75) is 58.0 Å². The minimum Gasteiger partial charge on any atom is -0.491 e. The predicted octanol–water partition coefficient (Wildman–Crippen LogP) is 2.97.